The average Bonchev–Trinajstić information content (AvgIpc) is 3.12. The second-order valence-corrected chi connectivity index (χ2v) is 11.8. The molecule has 7 rings (SSSR count). The average molecular weight is 601 g/mol. The van der Waals surface area contributed by atoms with Crippen molar-refractivity contribution in [2.45, 2.75) is 6.92 Å². The van der Waals surface area contributed by atoms with Gasteiger partial charge in [0, 0.05) is 0 Å². The largest absolute Gasteiger partial charge is 0.0984 e. The van der Waals surface area contributed by atoms with Gasteiger partial charge in [-0.1, -0.05) is 170 Å². The van der Waals surface area contributed by atoms with Crippen LogP contribution in [0, 0.1) is 0 Å². The van der Waals surface area contributed by atoms with E-state index in [1.807, 2.05) is 19.1 Å². The quantitative estimate of drug-likeness (QED) is 0.136. The first-order chi connectivity index (χ1) is 23.2. The van der Waals surface area contributed by atoms with Gasteiger partial charge in [-0.3, -0.25) is 0 Å². The number of hydrogen-bond acceptors (Lipinski definition) is 0. The number of hydrogen-bond donors (Lipinski definition) is 0. The van der Waals surface area contributed by atoms with Crippen LogP contribution in [0.5, 0.6) is 0 Å². The predicted molar refractivity (Wildman–Crippen MR) is 208 cm³/mol. The highest BCUT2D eigenvalue weighted by Crippen LogP contribution is 2.34. The molecule has 0 heterocycles. The summed E-state index contributed by atoms with van der Waals surface area (Å²) < 4.78 is 0. The van der Waals surface area contributed by atoms with Gasteiger partial charge in [-0.25, -0.2) is 0 Å². The van der Waals surface area contributed by atoms with Crippen LogP contribution in [0.4, 0.5) is 0 Å². The maximum absolute atomic E-state index is 4.02. The Balaban J connectivity index is 1.20. The molecule has 0 saturated carbocycles. The van der Waals surface area contributed by atoms with Gasteiger partial charge in [-0.15, -0.1) is 0 Å². The molecule has 0 aromatic heterocycles. The maximum Gasteiger partial charge on any atom is -0.0105 e. The van der Waals surface area contributed by atoms with Crippen LogP contribution in [0.1, 0.15) is 34.7 Å². The third kappa shape index (κ3) is 6.41. The van der Waals surface area contributed by atoms with Crippen LogP contribution in [0.25, 0.3) is 73.7 Å². The van der Waals surface area contributed by atoms with E-state index in [1.54, 1.807) is 0 Å². The molecule has 0 unspecified atom stereocenters. The van der Waals surface area contributed by atoms with Crippen molar-refractivity contribution in [1.82, 2.24) is 0 Å². The van der Waals surface area contributed by atoms with Crippen LogP contribution in [-0.2, 0) is 0 Å². The second kappa shape index (κ2) is 13.6. The molecule has 0 radical (unpaired) electrons. The lowest BCUT2D eigenvalue weighted by molar-refractivity contribution is 1.58. The minimum atomic E-state index is 1.11. The van der Waals surface area contributed by atoms with Crippen LogP contribution in [0.3, 0.4) is 0 Å². The summed E-state index contributed by atoms with van der Waals surface area (Å²) in [5.74, 6) is 0. The Hall–Kier alpha value is -5.98. The summed E-state index contributed by atoms with van der Waals surface area (Å²) in [7, 11) is 0. The van der Waals surface area contributed by atoms with E-state index < -0.39 is 0 Å². The minimum Gasteiger partial charge on any atom is -0.0984 e. The fourth-order valence-electron chi connectivity index (χ4n) is 6.29. The lowest BCUT2D eigenvalue weighted by atomic mass is 9.93. The second-order valence-electron chi connectivity index (χ2n) is 11.8. The summed E-state index contributed by atoms with van der Waals surface area (Å²) in [4.78, 5) is 0. The standard InChI is InChI=1S/C47H36/c1-3-5-13-34(4-2)38-20-12-21-40(30-38)42-26-28-46-44(32-42)24-25-45-33-43(27-29-47(45)46)41-23-22-37-18-9-8-16-35-14-6-7-15-36(35)17-10-11-19-39(37)31-41/h3-33H,2H2,1H3/b5-3-,9-8?,11-10?,16-8+,17-10-,18-9+,19-11-,34-13+,35-16?,36-17?,37-18?,39-19?. The van der Waals surface area contributed by atoms with Gasteiger partial charge in [-0.05, 0) is 108 Å². The maximum atomic E-state index is 4.02. The van der Waals surface area contributed by atoms with Gasteiger partial charge >= 0.3 is 0 Å². The molecule has 47 heavy (non-hydrogen) atoms. The molecule has 6 aromatic carbocycles. The molecular formula is C47H36. The van der Waals surface area contributed by atoms with Crippen LogP contribution in [0.2, 0.25) is 0 Å². The molecule has 0 atom stereocenters. The minimum absolute atomic E-state index is 1.11. The number of rotatable bonds is 5. The summed E-state index contributed by atoms with van der Waals surface area (Å²) in [6.45, 7) is 6.05. The summed E-state index contributed by atoms with van der Waals surface area (Å²) in [5, 5.41) is 5.01. The summed E-state index contributed by atoms with van der Waals surface area (Å²) >= 11 is 0. The zero-order valence-corrected chi connectivity index (χ0v) is 26.6. The Kier molecular flexibility index (Phi) is 8.58. The van der Waals surface area contributed by atoms with Gasteiger partial charge in [0.2, 0.25) is 0 Å². The van der Waals surface area contributed by atoms with E-state index in [9.17, 15) is 0 Å². The summed E-state index contributed by atoms with van der Waals surface area (Å²) in [6, 6.07) is 42.0. The molecule has 1 aliphatic carbocycles. The molecule has 0 heteroatoms. The molecule has 0 fully saturated rings. The Bertz CT molecular complexity index is 2310. The van der Waals surface area contributed by atoms with Crippen LogP contribution < -0.4 is 0 Å². The van der Waals surface area contributed by atoms with Crippen molar-refractivity contribution in [3.63, 3.8) is 0 Å². The number of allylic oxidation sites excluding steroid dienone is 9. The van der Waals surface area contributed by atoms with E-state index in [0.717, 1.165) is 11.1 Å². The Morgan fingerprint density at radius 1 is 0.489 bits per heavy atom. The molecule has 0 bridgehead atoms. The van der Waals surface area contributed by atoms with E-state index in [0.29, 0.717) is 0 Å². The third-order valence-electron chi connectivity index (χ3n) is 8.79. The first kappa shape index (κ1) is 29.7. The molecular weight excluding hydrogens is 565 g/mol. The lowest BCUT2D eigenvalue weighted by Gasteiger charge is -2.11. The molecule has 0 N–H and O–H groups in total. The van der Waals surface area contributed by atoms with Crippen molar-refractivity contribution >= 4 is 51.4 Å². The van der Waals surface area contributed by atoms with Gasteiger partial charge in [0.15, 0.2) is 0 Å². The normalized spacial score (nSPS) is 15.7. The van der Waals surface area contributed by atoms with Crippen molar-refractivity contribution in [3.05, 3.63) is 198 Å². The molecule has 0 spiro atoms. The van der Waals surface area contributed by atoms with Gasteiger partial charge in [0.25, 0.3) is 0 Å². The van der Waals surface area contributed by atoms with Crippen molar-refractivity contribution in [2.75, 3.05) is 0 Å². The van der Waals surface area contributed by atoms with E-state index in [2.05, 4.69) is 183 Å². The molecule has 0 aliphatic heterocycles. The zero-order valence-electron chi connectivity index (χ0n) is 26.6. The Morgan fingerprint density at radius 2 is 1.02 bits per heavy atom. The monoisotopic (exact) mass is 600 g/mol. The number of fused-ring (bicyclic) bond motifs is 5. The molecule has 0 amide bonds. The van der Waals surface area contributed by atoms with E-state index in [4.69, 9.17) is 0 Å². The molecule has 1 aliphatic rings. The number of benzene rings is 6. The van der Waals surface area contributed by atoms with Gasteiger partial charge in [0.05, 0.1) is 0 Å². The first-order valence-corrected chi connectivity index (χ1v) is 16.2. The first-order valence-electron chi connectivity index (χ1n) is 16.2. The van der Waals surface area contributed by atoms with E-state index in [1.165, 1.54) is 66.1 Å². The Labute approximate surface area is 278 Å². The summed E-state index contributed by atoms with van der Waals surface area (Å²) in [5.41, 5.74) is 11.9. The SMILES string of the molecule is C=C/C(=C\C=C/C)c1cccc(-c2ccc3c(ccc4cc(-c5ccc6c(c5)/C=C\C=C/c5ccccc5/C=C/C=C/6)ccc43)c2)c1. The van der Waals surface area contributed by atoms with Crippen LogP contribution in [0.15, 0.2) is 170 Å². The Morgan fingerprint density at radius 3 is 1.62 bits per heavy atom. The molecule has 6 aromatic rings. The zero-order chi connectivity index (χ0) is 32.0. The van der Waals surface area contributed by atoms with Crippen molar-refractivity contribution in [1.29, 1.82) is 0 Å². The fraction of sp³-hybridized carbons (Fsp3) is 0.0213. The highest BCUT2D eigenvalue weighted by atomic mass is 14.1. The van der Waals surface area contributed by atoms with Crippen molar-refractivity contribution in [3.8, 4) is 22.3 Å². The third-order valence-corrected chi connectivity index (χ3v) is 8.79. The van der Waals surface area contributed by atoms with Crippen molar-refractivity contribution < 1.29 is 0 Å². The van der Waals surface area contributed by atoms with E-state index >= 15 is 0 Å². The van der Waals surface area contributed by atoms with Crippen LogP contribution in [-0.4, -0.2) is 0 Å². The van der Waals surface area contributed by atoms with Crippen molar-refractivity contribution in [2.24, 2.45) is 0 Å². The molecule has 0 saturated heterocycles. The molecule has 224 valence electrons. The predicted octanol–water partition coefficient (Wildman–Crippen LogP) is 13.2. The fourth-order valence-corrected chi connectivity index (χ4v) is 6.29. The van der Waals surface area contributed by atoms with Gasteiger partial charge in [-0.2, -0.15) is 0 Å². The smallest absolute Gasteiger partial charge is 0.0105 e. The van der Waals surface area contributed by atoms with E-state index in [-0.39, 0.29) is 0 Å². The summed E-state index contributed by atoms with van der Waals surface area (Å²) in [6.07, 6.45) is 25.3. The highest BCUT2D eigenvalue weighted by molar-refractivity contribution is 6.09. The lowest BCUT2D eigenvalue weighted by Crippen LogP contribution is -1.87. The van der Waals surface area contributed by atoms with Crippen LogP contribution >= 0.6 is 0 Å². The topological polar surface area (TPSA) is 0 Å². The van der Waals surface area contributed by atoms with Gasteiger partial charge < -0.3 is 0 Å². The van der Waals surface area contributed by atoms with Gasteiger partial charge in [0.1, 0.15) is 0 Å². The highest BCUT2D eigenvalue weighted by Gasteiger charge is 2.08. The molecule has 0 nitrogen and oxygen atoms in total.